The molecule has 0 bridgehead atoms. The van der Waals surface area contributed by atoms with Gasteiger partial charge in [0.25, 0.3) is 0 Å². The number of ether oxygens (including phenoxy) is 1. The van der Waals surface area contributed by atoms with Crippen molar-refractivity contribution in [3.05, 3.63) is 76.5 Å². The van der Waals surface area contributed by atoms with Gasteiger partial charge in [-0.1, -0.05) is 23.2 Å². The second kappa shape index (κ2) is 11.0. The maximum Gasteiger partial charge on any atom is 0.327 e. The summed E-state index contributed by atoms with van der Waals surface area (Å²) in [6.45, 7) is 6.07. The zero-order valence-corrected chi connectivity index (χ0v) is 22.5. The fourth-order valence-electron chi connectivity index (χ4n) is 3.76. The highest BCUT2D eigenvalue weighted by Gasteiger charge is 2.27. The Kier molecular flexibility index (Phi) is 7.97. The first-order valence-electron chi connectivity index (χ1n) is 11.3. The van der Waals surface area contributed by atoms with Crippen LogP contribution in [0.1, 0.15) is 26.3 Å². The van der Waals surface area contributed by atoms with E-state index in [0.717, 1.165) is 21.8 Å². The van der Waals surface area contributed by atoms with Crippen LogP contribution in [-0.4, -0.2) is 35.7 Å². The lowest BCUT2D eigenvalue weighted by atomic mass is 10.1. The molecule has 0 spiro atoms. The Morgan fingerprint density at radius 3 is 2.44 bits per heavy atom. The minimum absolute atomic E-state index is 0.0110. The van der Waals surface area contributed by atoms with Gasteiger partial charge in [-0.3, -0.25) is 14.7 Å². The molecule has 0 saturated heterocycles. The van der Waals surface area contributed by atoms with Crippen LogP contribution in [0.5, 0.6) is 0 Å². The monoisotopic (exact) mass is 544 g/mol. The predicted molar refractivity (Wildman–Crippen MR) is 146 cm³/mol. The van der Waals surface area contributed by atoms with Gasteiger partial charge in [0.15, 0.2) is 0 Å². The number of urea groups is 1. The third-order valence-corrected chi connectivity index (χ3v) is 6.61. The van der Waals surface area contributed by atoms with Crippen molar-refractivity contribution in [2.45, 2.75) is 37.7 Å². The highest BCUT2D eigenvalue weighted by Crippen LogP contribution is 2.37. The molecule has 1 aliphatic rings. The SMILES string of the molecule is CC(C)(C)OC(=O)CN(Sc1cc(Cl)cc(Cl)c1)c1ccc2c(c1)CCN2C(=O)Nc1ccncc1. The van der Waals surface area contributed by atoms with Crippen molar-refractivity contribution < 1.29 is 14.3 Å². The van der Waals surface area contributed by atoms with Crippen molar-refractivity contribution in [1.82, 2.24) is 4.98 Å². The zero-order valence-electron chi connectivity index (χ0n) is 20.1. The van der Waals surface area contributed by atoms with E-state index >= 15 is 0 Å². The van der Waals surface area contributed by atoms with E-state index in [2.05, 4.69) is 10.3 Å². The number of hydrogen-bond donors (Lipinski definition) is 1. The van der Waals surface area contributed by atoms with Crippen LogP contribution < -0.4 is 14.5 Å². The first-order valence-corrected chi connectivity index (χ1v) is 12.9. The van der Waals surface area contributed by atoms with Gasteiger partial charge in [0, 0.05) is 50.9 Å². The molecule has 0 fully saturated rings. The van der Waals surface area contributed by atoms with Crippen molar-refractivity contribution in [2.24, 2.45) is 0 Å². The quantitative estimate of drug-likeness (QED) is 0.270. The summed E-state index contributed by atoms with van der Waals surface area (Å²) < 4.78 is 7.40. The van der Waals surface area contributed by atoms with E-state index in [-0.39, 0.29) is 18.5 Å². The molecular weight excluding hydrogens is 519 g/mol. The normalized spacial score (nSPS) is 12.8. The fraction of sp³-hybridized carbons (Fsp3) is 0.269. The van der Waals surface area contributed by atoms with Gasteiger partial charge in [0.2, 0.25) is 0 Å². The molecule has 1 aromatic heterocycles. The van der Waals surface area contributed by atoms with Crippen molar-refractivity contribution in [1.29, 1.82) is 0 Å². The van der Waals surface area contributed by atoms with Gasteiger partial charge in [-0.25, -0.2) is 4.79 Å². The number of carbonyl (C=O) groups is 2. The van der Waals surface area contributed by atoms with Gasteiger partial charge in [-0.05, 0) is 93.2 Å². The number of esters is 1. The standard InChI is InChI=1S/C26H26Cl2N4O3S/c1-26(2,3)35-24(33)16-32(36-22-14-18(27)13-19(28)15-22)21-4-5-23-17(12-21)8-11-31(23)25(34)30-20-6-9-29-10-7-20/h4-7,9-10,12-15H,8,11,16H2,1-3H3,(H,29,30,34). The van der Waals surface area contributed by atoms with Crippen LogP contribution in [0, 0.1) is 0 Å². The van der Waals surface area contributed by atoms with E-state index in [1.54, 1.807) is 47.6 Å². The van der Waals surface area contributed by atoms with Crippen LogP contribution in [0.4, 0.5) is 21.9 Å². The fourth-order valence-corrected chi connectivity index (χ4v) is 5.41. The smallest absolute Gasteiger partial charge is 0.327 e. The number of fused-ring (bicyclic) bond motifs is 1. The van der Waals surface area contributed by atoms with Crippen LogP contribution >= 0.6 is 35.1 Å². The van der Waals surface area contributed by atoms with Crippen LogP contribution in [0.15, 0.2) is 65.8 Å². The molecule has 0 unspecified atom stereocenters. The van der Waals surface area contributed by atoms with Gasteiger partial charge >= 0.3 is 12.0 Å². The second-order valence-electron chi connectivity index (χ2n) is 9.20. The molecule has 0 saturated carbocycles. The van der Waals surface area contributed by atoms with Crippen molar-refractivity contribution in [3.63, 3.8) is 0 Å². The first kappa shape index (κ1) is 26.1. The number of aromatic nitrogens is 1. The predicted octanol–water partition coefficient (Wildman–Crippen LogP) is 6.84. The zero-order chi connectivity index (χ0) is 25.9. The molecular formula is C26H26Cl2N4O3S. The summed E-state index contributed by atoms with van der Waals surface area (Å²) in [5, 5.41) is 3.91. The molecule has 1 N–H and O–H groups in total. The number of benzene rings is 2. The lowest BCUT2D eigenvalue weighted by molar-refractivity contribution is -0.152. The summed E-state index contributed by atoms with van der Waals surface area (Å²) in [6.07, 6.45) is 3.95. The third-order valence-electron chi connectivity index (χ3n) is 5.17. The molecule has 2 aromatic carbocycles. The Labute approximate surface area is 224 Å². The molecule has 0 atom stereocenters. The lowest BCUT2D eigenvalue weighted by Gasteiger charge is -2.26. The largest absolute Gasteiger partial charge is 0.459 e. The molecule has 36 heavy (non-hydrogen) atoms. The maximum atomic E-state index is 12.9. The Morgan fingerprint density at radius 2 is 1.78 bits per heavy atom. The number of halogens is 2. The lowest BCUT2D eigenvalue weighted by Crippen LogP contribution is -2.33. The minimum atomic E-state index is -0.604. The van der Waals surface area contributed by atoms with Gasteiger partial charge in [0.1, 0.15) is 12.1 Å². The van der Waals surface area contributed by atoms with E-state index in [1.165, 1.54) is 11.9 Å². The van der Waals surface area contributed by atoms with Crippen LogP contribution in [0.2, 0.25) is 10.0 Å². The minimum Gasteiger partial charge on any atom is -0.459 e. The van der Waals surface area contributed by atoms with Crippen molar-refractivity contribution in [3.8, 4) is 0 Å². The Morgan fingerprint density at radius 1 is 1.08 bits per heavy atom. The molecule has 188 valence electrons. The summed E-state index contributed by atoms with van der Waals surface area (Å²) in [6, 6.07) is 14.3. The molecule has 0 radical (unpaired) electrons. The van der Waals surface area contributed by atoms with Crippen LogP contribution in [-0.2, 0) is 16.0 Å². The molecule has 0 aliphatic carbocycles. The summed E-state index contributed by atoms with van der Waals surface area (Å²) in [7, 11) is 0. The average molecular weight is 545 g/mol. The van der Waals surface area contributed by atoms with Crippen LogP contribution in [0.3, 0.4) is 0 Å². The topological polar surface area (TPSA) is 74.8 Å². The number of nitrogens with zero attached hydrogens (tertiary/aromatic N) is 3. The Balaban J connectivity index is 1.57. The number of hydrogen-bond acceptors (Lipinski definition) is 6. The highest BCUT2D eigenvalue weighted by molar-refractivity contribution is 8.00. The third kappa shape index (κ3) is 6.84. The average Bonchev–Trinajstić information content (AvgIpc) is 3.21. The molecule has 10 heteroatoms. The van der Waals surface area contributed by atoms with Gasteiger partial charge in [0.05, 0.1) is 0 Å². The Hall–Kier alpha value is -2.94. The number of rotatable bonds is 6. The van der Waals surface area contributed by atoms with E-state index in [1.807, 2.05) is 43.3 Å². The van der Waals surface area contributed by atoms with Gasteiger partial charge in [-0.2, -0.15) is 0 Å². The molecule has 3 aromatic rings. The van der Waals surface area contributed by atoms with Crippen molar-refractivity contribution in [2.75, 3.05) is 27.6 Å². The van der Waals surface area contributed by atoms with Crippen LogP contribution in [0.25, 0.3) is 0 Å². The molecule has 7 nitrogen and oxygen atoms in total. The van der Waals surface area contributed by atoms with E-state index in [4.69, 9.17) is 27.9 Å². The van der Waals surface area contributed by atoms with E-state index in [0.29, 0.717) is 28.7 Å². The number of carbonyl (C=O) groups excluding carboxylic acids is 2. The van der Waals surface area contributed by atoms with Gasteiger partial charge < -0.3 is 14.4 Å². The number of amides is 2. The number of pyridine rings is 1. The summed E-state index contributed by atoms with van der Waals surface area (Å²) in [5.41, 5.74) is 2.72. The number of anilines is 3. The first-order chi connectivity index (χ1) is 17.1. The Bertz CT molecular complexity index is 1250. The maximum absolute atomic E-state index is 12.9. The second-order valence-corrected chi connectivity index (χ2v) is 11.2. The number of nitrogens with one attached hydrogen (secondary N) is 1. The van der Waals surface area contributed by atoms with Crippen molar-refractivity contribution >= 4 is 64.2 Å². The summed E-state index contributed by atoms with van der Waals surface area (Å²) in [5.74, 6) is -0.359. The van der Waals surface area contributed by atoms with E-state index < -0.39 is 5.60 Å². The summed E-state index contributed by atoms with van der Waals surface area (Å²) in [4.78, 5) is 32.1. The van der Waals surface area contributed by atoms with E-state index in [9.17, 15) is 9.59 Å². The molecule has 4 rings (SSSR count). The summed E-state index contributed by atoms with van der Waals surface area (Å²) >= 11 is 13.7. The van der Waals surface area contributed by atoms with Gasteiger partial charge in [-0.15, -0.1) is 0 Å². The molecule has 2 heterocycles. The highest BCUT2D eigenvalue weighted by atomic mass is 35.5. The molecule has 1 aliphatic heterocycles. The molecule has 2 amide bonds.